The number of ether oxygens (including phenoxy) is 1. The van der Waals surface area contributed by atoms with E-state index in [0.29, 0.717) is 22.8 Å². The summed E-state index contributed by atoms with van der Waals surface area (Å²) in [7, 11) is 0. The van der Waals surface area contributed by atoms with Crippen LogP contribution in [0.1, 0.15) is 59.3 Å². The first kappa shape index (κ1) is 18.4. The summed E-state index contributed by atoms with van der Waals surface area (Å²) in [5.74, 6) is 1.13. The highest BCUT2D eigenvalue weighted by Crippen LogP contribution is 2.66. The van der Waals surface area contributed by atoms with Gasteiger partial charge in [0.1, 0.15) is 6.10 Å². The Bertz CT molecular complexity index is 494. The topological polar surface area (TPSA) is 73.2 Å². The molecule has 4 heteroatoms. The van der Waals surface area contributed by atoms with Crippen LogP contribution in [0.25, 0.3) is 0 Å². The molecule has 2 unspecified atom stereocenters. The molecule has 1 aliphatic heterocycles. The van der Waals surface area contributed by atoms with Crippen molar-refractivity contribution in [2.24, 2.45) is 22.7 Å². The minimum Gasteiger partial charge on any atom is -0.393 e. The number of hydrogen-bond acceptors (Lipinski definition) is 4. The summed E-state index contributed by atoms with van der Waals surface area (Å²) in [5.41, 5.74) is 1.17. The van der Waals surface area contributed by atoms with Gasteiger partial charge in [0, 0.05) is 0 Å². The molecule has 5 atom stereocenters. The molecule has 3 rings (SSSR count). The number of aliphatic hydroxyl groups is 3. The molecule has 138 valence electrons. The fourth-order valence-corrected chi connectivity index (χ4v) is 6.08. The van der Waals surface area contributed by atoms with Gasteiger partial charge in [-0.05, 0) is 60.3 Å². The zero-order valence-electron chi connectivity index (χ0n) is 15.4. The van der Waals surface area contributed by atoms with Crippen molar-refractivity contribution in [1.82, 2.24) is 0 Å². The van der Waals surface area contributed by atoms with Crippen LogP contribution in [0.15, 0.2) is 11.6 Å². The van der Waals surface area contributed by atoms with Crippen molar-refractivity contribution in [3.8, 4) is 0 Å². The highest BCUT2D eigenvalue weighted by molar-refractivity contribution is 5.17. The summed E-state index contributed by atoms with van der Waals surface area (Å²) in [4.78, 5) is 0. The molecule has 3 fully saturated rings. The van der Waals surface area contributed by atoms with Crippen LogP contribution >= 0.6 is 0 Å². The van der Waals surface area contributed by atoms with Gasteiger partial charge in [0.25, 0.3) is 0 Å². The van der Waals surface area contributed by atoms with E-state index in [1.807, 2.05) is 6.08 Å². The first-order chi connectivity index (χ1) is 11.3. The smallest absolute Gasteiger partial charge is 0.100 e. The minimum atomic E-state index is -0.957. The van der Waals surface area contributed by atoms with E-state index >= 15 is 0 Å². The number of aliphatic hydroxyl groups excluding tert-OH is 3. The number of epoxide rings is 1. The maximum atomic E-state index is 9.86. The second kappa shape index (κ2) is 6.39. The Morgan fingerprint density at radius 1 is 1.21 bits per heavy atom. The van der Waals surface area contributed by atoms with Crippen LogP contribution in [0.5, 0.6) is 0 Å². The lowest BCUT2D eigenvalue weighted by atomic mass is 9.46. The highest BCUT2D eigenvalue weighted by atomic mass is 16.6. The molecule has 1 heterocycles. The van der Waals surface area contributed by atoms with Crippen molar-refractivity contribution in [2.45, 2.75) is 71.0 Å². The van der Waals surface area contributed by atoms with E-state index in [0.717, 1.165) is 19.4 Å². The Morgan fingerprint density at radius 3 is 2.50 bits per heavy atom. The number of hydrogen-bond donors (Lipinski definition) is 3. The third kappa shape index (κ3) is 2.96. The zero-order valence-corrected chi connectivity index (χ0v) is 15.4. The van der Waals surface area contributed by atoms with E-state index in [-0.39, 0.29) is 24.2 Å². The van der Waals surface area contributed by atoms with Crippen LogP contribution in [-0.4, -0.2) is 46.8 Å². The molecule has 0 aromatic heterocycles. The fourth-order valence-electron chi connectivity index (χ4n) is 6.08. The van der Waals surface area contributed by atoms with Gasteiger partial charge < -0.3 is 20.1 Å². The SMILES string of the molecule is CC1(C)CCC[C@@]2(C)C1CC[C@@]1(CO1)[C@@H]2C/C=C(\CO)C(O)CO. The van der Waals surface area contributed by atoms with E-state index < -0.39 is 6.10 Å². The van der Waals surface area contributed by atoms with Gasteiger partial charge in [0.15, 0.2) is 0 Å². The third-order valence-corrected chi connectivity index (χ3v) is 7.48. The minimum absolute atomic E-state index is 0.0138. The predicted octanol–water partition coefficient (Wildman–Crippen LogP) is 2.66. The molecule has 2 aliphatic carbocycles. The Labute approximate surface area is 145 Å². The summed E-state index contributed by atoms with van der Waals surface area (Å²) in [6, 6.07) is 0. The average molecular weight is 338 g/mol. The molecular weight excluding hydrogens is 304 g/mol. The van der Waals surface area contributed by atoms with Crippen molar-refractivity contribution in [3.63, 3.8) is 0 Å². The molecule has 1 spiro atoms. The summed E-state index contributed by atoms with van der Waals surface area (Å²) >= 11 is 0. The predicted molar refractivity (Wildman–Crippen MR) is 93.5 cm³/mol. The summed E-state index contributed by atoms with van der Waals surface area (Å²) < 4.78 is 5.98. The van der Waals surface area contributed by atoms with Gasteiger partial charge in [-0.25, -0.2) is 0 Å². The molecule has 2 saturated carbocycles. The Hall–Kier alpha value is -0.420. The molecule has 0 amide bonds. The van der Waals surface area contributed by atoms with Gasteiger partial charge in [-0.1, -0.05) is 33.3 Å². The van der Waals surface area contributed by atoms with Gasteiger partial charge >= 0.3 is 0 Å². The van der Waals surface area contributed by atoms with Crippen LogP contribution in [0.3, 0.4) is 0 Å². The van der Waals surface area contributed by atoms with E-state index in [9.17, 15) is 10.2 Å². The maximum absolute atomic E-state index is 9.86. The Kier molecular flexibility index (Phi) is 4.89. The molecule has 3 N–H and O–H groups in total. The second-order valence-corrected chi connectivity index (χ2v) is 9.22. The Morgan fingerprint density at radius 2 is 1.92 bits per heavy atom. The zero-order chi connectivity index (χ0) is 17.6. The second-order valence-electron chi connectivity index (χ2n) is 9.22. The molecule has 0 radical (unpaired) electrons. The molecule has 0 bridgehead atoms. The van der Waals surface area contributed by atoms with Crippen LogP contribution < -0.4 is 0 Å². The van der Waals surface area contributed by atoms with Crippen LogP contribution in [0, 0.1) is 22.7 Å². The van der Waals surface area contributed by atoms with E-state index in [1.54, 1.807) is 0 Å². The normalized spacial score (nSPS) is 42.7. The first-order valence-corrected chi connectivity index (χ1v) is 9.52. The molecule has 0 aromatic carbocycles. The lowest BCUT2D eigenvalue weighted by Gasteiger charge is -2.59. The lowest BCUT2D eigenvalue weighted by Crippen LogP contribution is -2.54. The standard InChI is InChI=1S/C20H34O4/c1-18(2)8-4-9-19(3)16(18)7-10-20(13-24-20)17(19)6-5-14(11-21)15(23)12-22/h5,15-17,21-23H,4,6-13H2,1-3H3/b14-5+/t15?,16?,17-,19+,20-/m1/s1. The fraction of sp³-hybridized carbons (Fsp3) is 0.900. The van der Waals surface area contributed by atoms with Crippen LogP contribution in [0.4, 0.5) is 0 Å². The number of allylic oxidation sites excluding steroid dienone is 1. The summed E-state index contributed by atoms with van der Waals surface area (Å²) in [6.07, 6.45) is 8.00. The van der Waals surface area contributed by atoms with Gasteiger partial charge in [0.05, 0.1) is 25.4 Å². The van der Waals surface area contributed by atoms with Crippen molar-refractivity contribution in [2.75, 3.05) is 19.8 Å². The molecule has 1 saturated heterocycles. The van der Waals surface area contributed by atoms with Crippen molar-refractivity contribution in [3.05, 3.63) is 11.6 Å². The molecule has 4 nitrogen and oxygen atoms in total. The lowest BCUT2D eigenvalue weighted by molar-refractivity contribution is -0.104. The third-order valence-electron chi connectivity index (χ3n) is 7.48. The van der Waals surface area contributed by atoms with Crippen molar-refractivity contribution in [1.29, 1.82) is 0 Å². The van der Waals surface area contributed by atoms with Gasteiger partial charge in [-0.3, -0.25) is 0 Å². The molecule has 3 aliphatic rings. The molecule has 24 heavy (non-hydrogen) atoms. The summed E-state index contributed by atoms with van der Waals surface area (Å²) in [6.45, 7) is 7.59. The summed E-state index contributed by atoms with van der Waals surface area (Å²) in [5, 5.41) is 28.5. The number of fused-ring (bicyclic) bond motifs is 1. The molecule has 0 aromatic rings. The van der Waals surface area contributed by atoms with Crippen molar-refractivity contribution < 1.29 is 20.1 Å². The number of rotatable bonds is 5. The maximum Gasteiger partial charge on any atom is 0.100 e. The van der Waals surface area contributed by atoms with E-state index in [1.165, 1.54) is 25.7 Å². The average Bonchev–Trinajstić information content (AvgIpc) is 3.29. The van der Waals surface area contributed by atoms with Gasteiger partial charge in [-0.15, -0.1) is 0 Å². The van der Waals surface area contributed by atoms with Crippen LogP contribution in [0.2, 0.25) is 0 Å². The monoisotopic (exact) mass is 338 g/mol. The Balaban J connectivity index is 1.87. The van der Waals surface area contributed by atoms with Crippen LogP contribution in [-0.2, 0) is 4.74 Å². The quantitative estimate of drug-likeness (QED) is 0.532. The van der Waals surface area contributed by atoms with Gasteiger partial charge in [-0.2, -0.15) is 0 Å². The van der Waals surface area contributed by atoms with E-state index in [4.69, 9.17) is 9.84 Å². The van der Waals surface area contributed by atoms with Gasteiger partial charge in [0.2, 0.25) is 0 Å². The van der Waals surface area contributed by atoms with E-state index in [2.05, 4.69) is 20.8 Å². The largest absolute Gasteiger partial charge is 0.393 e. The first-order valence-electron chi connectivity index (χ1n) is 9.52. The van der Waals surface area contributed by atoms with Crippen molar-refractivity contribution >= 4 is 0 Å². The molecular formula is C20H34O4. The highest BCUT2D eigenvalue weighted by Gasteiger charge is 2.64.